The summed E-state index contributed by atoms with van der Waals surface area (Å²) >= 11 is 0. The Kier molecular flexibility index (Phi) is 3.21. The van der Waals surface area contributed by atoms with Gasteiger partial charge >= 0.3 is 5.69 Å². The van der Waals surface area contributed by atoms with Gasteiger partial charge < -0.3 is 10.9 Å². The number of hydrogen-bond acceptors (Lipinski definition) is 5. The number of hydrogen-bond donors (Lipinski definition) is 2. The molecule has 1 atom stereocenters. The quantitative estimate of drug-likeness (QED) is 0.243. The highest BCUT2D eigenvalue weighted by molar-refractivity contribution is 5.81. The summed E-state index contributed by atoms with van der Waals surface area (Å²) in [7, 11) is 0. The zero-order valence-corrected chi connectivity index (χ0v) is 8.07. The Bertz CT molecular complexity index is 386. The third-order valence-electron chi connectivity index (χ3n) is 1.91. The summed E-state index contributed by atoms with van der Waals surface area (Å²) in [6, 6.07) is 0. The van der Waals surface area contributed by atoms with Crippen molar-refractivity contribution in [1.29, 1.82) is 0 Å². The highest BCUT2D eigenvalue weighted by Crippen LogP contribution is 2.09. The van der Waals surface area contributed by atoms with E-state index >= 15 is 0 Å². The summed E-state index contributed by atoms with van der Waals surface area (Å²) in [5, 5.41) is 25.4. The van der Waals surface area contributed by atoms with Crippen LogP contribution in [0.3, 0.4) is 0 Å². The summed E-state index contributed by atoms with van der Waals surface area (Å²) in [6.07, 6.45) is 2.44. The molecule has 0 saturated carbocycles. The van der Waals surface area contributed by atoms with E-state index in [2.05, 4.69) is 10.3 Å². The van der Waals surface area contributed by atoms with E-state index in [0.717, 1.165) is 6.20 Å². The van der Waals surface area contributed by atoms with Crippen LogP contribution in [0, 0.1) is 16.0 Å². The van der Waals surface area contributed by atoms with Crippen LogP contribution in [-0.4, -0.2) is 25.7 Å². The van der Waals surface area contributed by atoms with Gasteiger partial charge in [-0.1, -0.05) is 12.1 Å². The number of oxime groups is 1. The van der Waals surface area contributed by atoms with Crippen molar-refractivity contribution in [2.45, 2.75) is 13.5 Å². The first-order chi connectivity index (χ1) is 7.04. The Balaban J connectivity index is 2.69. The Morgan fingerprint density at radius 3 is 3.07 bits per heavy atom. The fourth-order valence-corrected chi connectivity index (χ4v) is 1.02. The molecule has 1 unspecified atom stereocenters. The van der Waals surface area contributed by atoms with Crippen LogP contribution in [0.4, 0.5) is 5.69 Å². The topological polar surface area (TPSA) is 120 Å². The summed E-state index contributed by atoms with van der Waals surface area (Å²) in [4.78, 5) is 9.82. The van der Waals surface area contributed by atoms with Crippen molar-refractivity contribution in [2.75, 3.05) is 0 Å². The molecule has 1 rings (SSSR count). The van der Waals surface area contributed by atoms with Crippen molar-refractivity contribution >= 4 is 11.5 Å². The maximum Gasteiger partial charge on any atom is 0.306 e. The lowest BCUT2D eigenvalue weighted by Crippen LogP contribution is -2.25. The minimum Gasteiger partial charge on any atom is -0.409 e. The summed E-state index contributed by atoms with van der Waals surface area (Å²) in [5.41, 5.74) is 5.27. The van der Waals surface area contributed by atoms with Gasteiger partial charge in [-0.2, -0.15) is 5.10 Å². The van der Waals surface area contributed by atoms with Gasteiger partial charge in [0.2, 0.25) is 0 Å². The molecule has 82 valence electrons. The molecule has 0 amide bonds. The average molecular weight is 213 g/mol. The van der Waals surface area contributed by atoms with Crippen LogP contribution in [-0.2, 0) is 6.54 Å². The molecule has 0 saturated heterocycles. The minimum atomic E-state index is -0.530. The lowest BCUT2D eigenvalue weighted by Gasteiger charge is -2.08. The van der Waals surface area contributed by atoms with Crippen LogP contribution in [0.2, 0.25) is 0 Å². The molecule has 0 radical (unpaired) electrons. The highest BCUT2D eigenvalue weighted by Gasteiger charge is 2.13. The van der Waals surface area contributed by atoms with Crippen LogP contribution in [0.15, 0.2) is 17.5 Å². The molecule has 0 aromatic carbocycles. The molecule has 0 aliphatic heterocycles. The fraction of sp³-hybridized carbons (Fsp3) is 0.429. The van der Waals surface area contributed by atoms with Crippen LogP contribution in [0.5, 0.6) is 0 Å². The maximum atomic E-state index is 10.4. The van der Waals surface area contributed by atoms with E-state index in [1.807, 2.05) is 0 Å². The van der Waals surface area contributed by atoms with Crippen LogP contribution < -0.4 is 5.73 Å². The van der Waals surface area contributed by atoms with Crippen molar-refractivity contribution in [3.8, 4) is 0 Å². The normalized spacial score (nSPS) is 13.8. The molecule has 3 N–H and O–H groups in total. The van der Waals surface area contributed by atoms with Gasteiger partial charge in [-0.05, 0) is 0 Å². The van der Waals surface area contributed by atoms with E-state index in [4.69, 9.17) is 10.9 Å². The monoisotopic (exact) mass is 213 g/mol. The molecule has 0 aliphatic rings. The molecule has 8 nitrogen and oxygen atoms in total. The van der Waals surface area contributed by atoms with Gasteiger partial charge in [-0.15, -0.1) is 0 Å². The second kappa shape index (κ2) is 4.40. The highest BCUT2D eigenvalue weighted by atomic mass is 16.6. The van der Waals surface area contributed by atoms with Crippen molar-refractivity contribution in [2.24, 2.45) is 16.8 Å². The molecule has 0 aliphatic carbocycles. The zero-order chi connectivity index (χ0) is 11.4. The third kappa shape index (κ3) is 2.66. The molecule has 0 spiro atoms. The van der Waals surface area contributed by atoms with Gasteiger partial charge in [0, 0.05) is 5.92 Å². The second-order valence-corrected chi connectivity index (χ2v) is 3.10. The first-order valence-electron chi connectivity index (χ1n) is 4.19. The Labute approximate surface area is 85.1 Å². The SMILES string of the molecule is CC(Cn1cc([N+](=O)[O-])cn1)/C(N)=N/O. The Morgan fingerprint density at radius 2 is 2.60 bits per heavy atom. The second-order valence-electron chi connectivity index (χ2n) is 3.10. The third-order valence-corrected chi connectivity index (χ3v) is 1.91. The van der Waals surface area contributed by atoms with Crippen LogP contribution in [0.1, 0.15) is 6.92 Å². The van der Waals surface area contributed by atoms with E-state index in [1.165, 1.54) is 10.9 Å². The molecule has 1 aromatic rings. The Hall–Kier alpha value is -2.12. The molecule has 1 aromatic heterocycles. The van der Waals surface area contributed by atoms with E-state index in [0.29, 0.717) is 6.54 Å². The van der Waals surface area contributed by atoms with Crippen molar-refractivity contribution in [1.82, 2.24) is 9.78 Å². The number of rotatable bonds is 4. The lowest BCUT2D eigenvalue weighted by molar-refractivity contribution is -0.385. The van der Waals surface area contributed by atoms with E-state index in [9.17, 15) is 10.1 Å². The summed E-state index contributed by atoms with van der Waals surface area (Å²) in [6.45, 7) is 2.05. The average Bonchev–Trinajstić information content (AvgIpc) is 2.65. The van der Waals surface area contributed by atoms with E-state index < -0.39 is 4.92 Å². The fourth-order valence-electron chi connectivity index (χ4n) is 1.02. The van der Waals surface area contributed by atoms with Gasteiger partial charge in [-0.25, -0.2) is 0 Å². The van der Waals surface area contributed by atoms with Gasteiger partial charge in [0.05, 0.1) is 11.5 Å². The molecular weight excluding hydrogens is 202 g/mol. The van der Waals surface area contributed by atoms with Crippen LogP contribution in [0.25, 0.3) is 0 Å². The van der Waals surface area contributed by atoms with Gasteiger partial charge in [0.1, 0.15) is 18.2 Å². The predicted octanol–water partition coefficient (Wildman–Crippen LogP) is 0.174. The van der Waals surface area contributed by atoms with Gasteiger partial charge in [-0.3, -0.25) is 14.8 Å². The van der Waals surface area contributed by atoms with Gasteiger partial charge in [0.25, 0.3) is 0 Å². The number of aromatic nitrogens is 2. The molecule has 8 heteroatoms. The molecule has 1 heterocycles. The van der Waals surface area contributed by atoms with Crippen molar-refractivity contribution in [3.63, 3.8) is 0 Å². The van der Waals surface area contributed by atoms with E-state index in [-0.39, 0.29) is 17.4 Å². The first-order valence-corrected chi connectivity index (χ1v) is 4.19. The first kappa shape index (κ1) is 11.0. The number of nitro groups is 1. The predicted molar refractivity (Wildman–Crippen MR) is 51.5 cm³/mol. The molecule has 0 fully saturated rings. The molecular formula is C7H11N5O3. The summed E-state index contributed by atoms with van der Waals surface area (Å²) < 4.78 is 1.38. The standard InChI is InChI=1S/C7H11N5O3/c1-5(7(8)10-13)3-11-4-6(2-9-11)12(14)15/h2,4-5,13H,3H2,1H3,(H2,8,10). The lowest BCUT2D eigenvalue weighted by atomic mass is 10.1. The molecule has 15 heavy (non-hydrogen) atoms. The number of nitrogens with zero attached hydrogens (tertiary/aromatic N) is 4. The van der Waals surface area contributed by atoms with Crippen LogP contribution >= 0.6 is 0 Å². The van der Waals surface area contributed by atoms with Crippen molar-refractivity contribution < 1.29 is 10.1 Å². The zero-order valence-electron chi connectivity index (χ0n) is 8.07. The largest absolute Gasteiger partial charge is 0.409 e. The number of nitrogens with two attached hydrogens (primary N) is 1. The van der Waals surface area contributed by atoms with Gasteiger partial charge in [0.15, 0.2) is 0 Å². The minimum absolute atomic E-state index is 0.0631. The molecule has 0 bridgehead atoms. The maximum absolute atomic E-state index is 10.4. The Morgan fingerprint density at radius 1 is 1.93 bits per heavy atom. The summed E-state index contributed by atoms with van der Waals surface area (Å²) in [5.74, 6) is -0.178. The smallest absolute Gasteiger partial charge is 0.306 e. The number of amidine groups is 1. The van der Waals surface area contributed by atoms with Crippen molar-refractivity contribution in [3.05, 3.63) is 22.5 Å². The van der Waals surface area contributed by atoms with E-state index in [1.54, 1.807) is 6.92 Å².